The van der Waals surface area contributed by atoms with Gasteiger partial charge in [0.15, 0.2) is 0 Å². The lowest BCUT2D eigenvalue weighted by atomic mass is 9.87. The molecular formula is C14H15F4NO2. The molecule has 1 aliphatic rings. The zero-order valence-corrected chi connectivity index (χ0v) is 11.3. The molecule has 0 spiro atoms. The molecule has 0 aromatic heterocycles. The van der Waals surface area contributed by atoms with Gasteiger partial charge in [-0.15, -0.1) is 0 Å². The van der Waals surface area contributed by atoms with Crippen LogP contribution in [0.4, 0.5) is 17.6 Å². The lowest BCUT2D eigenvalue weighted by molar-refractivity contribution is -0.145. The highest BCUT2D eigenvalue weighted by atomic mass is 19.4. The van der Waals surface area contributed by atoms with Crippen molar-refractivity contribution < 1.29 is 27.5 Å². The predicted molar refractivity (Wildman–Crippen MR) is 67.0 cm³/mol. The highest BCUT2D eigenvalue weighted by Gasteiger charge is 2.36. The molecule has 1 fully saturated rings. The summed E-state index contributed by atoms with van der Waals surface area (Å²) < 4.78 is 51.0. The van der Waals surface area contributed by atoms with Crippen molar-refractivity contribution in [2.75, 3.05) is 13.1 Å². The third kappa shape index (κ3) is 3.53. The van der Waals surface area contributed by atoms with Crippen LogP contribution in [0.3, 0.4) is 0 Å². The number of alkyl halides is 3. The Morgan fingerprint density at radius 3 is 2.57 bits per heavy atom. The first-order chi connectivity index (χ1) is 9.68. The number of aliphatic carboxylic acids is 1. The molecule has 1 heterocycles. The Balaban J connectivity index is 1.98. The average Bonchev–Trinajstić information content (AvgIpc) is 2.32. The quantitative estimate of drug-likeness (QED) is 0.869. The van der Waals surface area contributed by atoms with Crippen LogP contribution in [-0.4, -0.2) is 29.1 Å². The van der Waals surface area contributed by atoms with Crippen LogP contribution in [0.25, 0.3) is 0 Å². The summed E-state index contributed by atoms with van der Waals surface area (Å²) >= 11 is 0. The smallest absolute Gasteiger partial charge is 0.419 e. The molecule has 1 atom stereocenters. The fraction of sp³-hybridized carbons (Fsp3) is 0.500. The van der Waals surface area contributed by atoms with Gasteiger partial charge in [0.2, 0.25) is 0 Å². The Bertz CT molecular complexity index is 538. The Morgan fingerprint density at radius 1 is 1.43 bits per heavy atom. The van der Waals surface area contributed by atoms with Crippen molar-refractivity contribution in [3.63, 3.8) is 0 Å². The second-order valence-corrected chi connectivity index (χ2v) is 5.39. The van der Waals surface area contributed by atoms with Crippen molar-refractivity contribution in [2.45, 2.75) is 19.6 Å². The number of carbonyl (C=O) groups is 1. The van der Waals surface area contributed by atoms with Gasteiger partial charge < -0.3 is 5.11 Å². The van der Waals surface area contributed by atoms with E-state index in [1.54, 1.807) is 6.92 Å². The van der Waals surface area contributed by atoms with Crippen molar-refractivity contribution in [3.8, 4) is 0 Å². The molecule has 1 aliphatic heterocycles. The van der Waals surface area contributed by atoms with Crippen molar-refractivity contribution >= 4 is 5.97 Å². The monoisotopic (exact) mass is 305 g/mol. The van der Waals surface area contributed by atoms with E-state index in [1.807, 2.05) is 4.90 Å². The third-order valence-corrected chi connectivity index (χ3v) is 3.82. The minimum absolute atomic E-state index is 0.00466. The van der Waals surface area contributed by atoms with Gasteiger partial charge in [-0.2, -0.15) is 13.2 Å². The number of benzene rings is 1. The fourth-order valence-corrected chi connectivity index (χ4v) is 2.40. The molecule has 3 nitrogen and oxygen atoms in total. The normalized spacial score (nSPS) is 18.3. The predicted octanol–water partition coefficient (Wildman–Crippen LogP) is 3.00. The first kappa shape index (κ1) is 15.8. The maximum Gasteiger partial charge on any atom is 0.419 e. The maximum atomic E-state index is 13.2. The zero-order valence-electron chi connectivity index (χ0n) is 11.3. The molecular weight excluding hydrogens is 290 g/mol. The van der Waals surface area contributed by atoms with Gasteiger partial charge in [0.25, 0.3) is 0 Å². The second-order valence-electron chi connectivity index (χ2n) is 5.39. The molecule has 0 bridgehead atoms. The van der Waals surface area contributed by atoms with E-state index in [1.165, 1.54) is 6.07 Å². The molecule has 21 heavy (non-hydrogen) atoms. The van der Waals surface area contributed by atoms with E-state index in [-0.39, 0.29) is 12.5 Å². The van der Waals surface area contributed by atoms with E-state index in [2.05, 4.69) is 0 Å². The summed E-state index contributed by atoms with van der Waals surface area (Å²) in [6.07, 6.45) is -4.71. The minimum Gasteiger partial charge on any atom is -0.481 e. The number of nitrogens with zero attached hydrogens (tertiary/aromatic N) is 1. The molecule has 1 N–H and O–H groups in total. The van der Waals surface area contributed by atoms with Gasteiger partial charge in [0.1, 0.15) is 5.82 Å². The topological polar surface area (TPSA) is 40.5 Å². The van der Waals surface area contributed by atoms with Crippen LogP contribution in [0.5, 0.6) is 0 Å². The summed E-state index contributed by atoms with van der Waals surface area (Å²) in [5, 5.41) is 8.86. The molecule has 1 saturated heterocycles. The summed E-state index contributed by atoms with van der Waals surface area (Å²) in [5.74, 6) is -2.63. The van der Waals surface area contributed by atoms with Gasteiger partial charge >= 0.3 is 12.1 Å². The molecule has 1 aromatic carbocycles. The molecule has 2 rings (SSSR count). The Labute approximate surface area is 119 Å². The summed E-state index contributed by atoms with van der Waals surface area (Å²) in [5.41, 5.74) is -0.902. The van der Waals surface area contributed by atoms with Gasteiger partial charge in [-0.25, -0.2) is 4.39 Å². The largest absolute Gasteiger partial charge is 0.481 e. The van der Waals surface area contributed by atoms with E-state index >= 15 is 0 Å². The van der Waals surface area contributed by atoms with E-state index in [0.29, 0.717) is 18.7 Å². The van der Waals surface area contributed by atoms with E-state index in [9.17, 15) is 22.4 Å². The van der Waals surface area contributed by atoms with E-state index < -0.39 is 29.4 Å². The van der Waals surface area contributed by atoms with Crippen LogP contribution in [-0.2, 0) is 17.5 Å². The lowest BCUT2D eigenvalue weighted by Gasteiger charge is -2.41. The second kappa shape index (κ2) is 5.63. The molecule has 1 unspecified atom stereocenters. The van der Waals surface area contributed by atoms with Crippen LogP contribution >= 0.6 is 0 Å². The molecule has 7 heteroatoms. The summed E-state index contributed by atoms with van der Waals surface area (Å²) in [4.78, 5) is 12.7. The molecule has 0 aliphatic carbocycles. The van der Waals surface area contributed by atoms with Gasteiger partial charge in [-0.3, -0.25) is 9.69 Å². The Morgan fingerprint density at radius 2 is 2.05 bits per heavy atom. The van der Waals surface area contributed by atoms with Crippen LogP contribution in [0.2, 0.25) is 0 Å². The highest BCUT2D eigenvalue weighted by Crippen LogP contribution is 2.33. The zero-order chi connectivity index (χ0) is 15.8. The van der Waals surface area contributed by atoms with Gasteiger partial charge in [-0.05, 0) is 23.6 Å². The van der Waals surface area contributed by atoms with Crippen molar-refractivity contribution in [2.24, 2.45) is 11.8 Å². The van der Waals surface area contributed by atoms with Crippen molar-refractivity contribution in [1.82, 2.24) is 4.90 Å². The number of rotatable bonds is 4. The Hall–Kier alpha value is -1.63. The number of halogens is 4. The van der Waals surface area contributed by atoms with Crippen molar-refractivity contribution in [3.05, 3.63) is 35.1 Å². The SMILES string of the molecule is CC(C(=O)O)C1CN(Cc2ccc(F)c(C(F)(F)F)c2)C1. The van der Waals surface area contributed by atoms with Gasteiger partial charge in [0, 0.05) is 19.6 Å². The maximum absolute atomic E-state index is 13.2. The van der Waals surface area contributed by atoms with E-state index in [0.717, 1.165) is 12.1 Å². The molecule has 0 radical (unpaired) electrons. The number of carboxylic acid groups (broad SMARTS) is 1. The molecule has 0 saturated carbocycles. The molecule has 1 aromatic rings. The minimum atomic E-state index is -4.71. The number of hydrogen-bond donors (Lipinski definition) is 1. The van der Waals surface area contributed by atoms with Crippen LogP contribution < -0.4 is 0 Å². The summed E-state index contributed by atoms with van der Waals surface area (Å²) in [6.45, 7) is 2.91. The molecule has 116 valence electrons. The standard InChI is InChI=1S/C14H15F4NO2/c1-8(13(20)21)10-6-19(7-10)5-9-2-3-12(15)11(4-9)14(16,17)18/h2-4,8,10H,5-7H2,1H3,(H,20,21). The van der Waals surface area contributed by atoms with Crippen LogP contribution in [0, 0.1) is 17.7 Å². The van der Waals surface area contributed by atoms with Gasteiger partial charge in [-0.1, -0.05) is 13.0 Å². The van der Waals surface area contributed by atoms with Crippen molar-refractivity contribution in [1.29, 1.82) is 0 Å². The highest BCUT2D eigenvalue weighted by molar-refractivity contribution is 5.70. The van der Waals surface area contributed by atoms with Crippen LogP contribution in [0.15, 0.2) is 18.2 Å². The lowest BCUT2D eigenvalue weighted by Crippen LogP contribution is -2.50. The summed E-state index contributed by atoms with van der Waals surface area (Å²) in [6, 6.07) is 2.94. The van der Waals surface area contributed by atoms with Crippen LogP contribution in [0.1, 0.15) is 18.1 Å². The first-order valence-corrected chi connectivity index (χ1v) is 6.49. The number of likely N-dealkylation sites (tertiary alicyclic amines) is 1. The van der Waals surface area contributed by atoms with E-state index in [4.69, 9.17) is 5.11 Å². The number of carboxylic acids is 1. The average molecular weight is 305 g/mol. The summed E-state index contributed by atoms with van der Waals surface area (Å²) in [7, 11) is 0. The van der Waals surface area contributed by atoms with Gasteiger partial charge in [0.05, 0.1) is 11.5 Å². The Kier molecular flexibility index (Phi) is 4.22. The third-order valence-electron chi connectivity index (χ3n) is 3.82. The fourth-order valence-electron chi connectivity index (χ4n) is 2.40. The number of hydrogen-bond acceptors (Lipinski definition) is 2. The first-order valence-electron chi connectivity index (χ1n) is 6.49. The molecule has 0 amide bonds.